The molecule has 4 aromatic rings. The van der Waals surface area contributed by atoms with E-state index in [1.807, 2.05) is 60.4 Å². The summed E-state index contributed by atoms with van der Waals surface area (Å²) < 4.78 is 11.0. The molecule has 5 nitrogen and oxygen atoms in total. The highest BCUT2D eigenvalue weighted by Gasteiger charge is 2.28. The third kappa shape index (κ3) is 3.29. The number of benzene rings is 3. The summed E-state index contributed by atoms with van der Waals surface area (Å²) >= 11 is 3.16. The molecule has 0 N–H and O–H groups in total. The zero-order chi connectivity index (χ0) is 21.7. The first kappa shape index (κ1) is 19.5. The number of rotatable bonds is 3. The maximum Gasteiger partial charge on any atom is 0.242 e. The van der Waals surface area contributed by atoms with Crippen molar-refractivity contribution in [1.29, 1.82) is 0 Å². The van der Waals surface area contributed by atoms with E-state index in [0.29, 0.717) is 5.75 Å². The van der Waals surface area contributed by atoms with E-state index in [9.17, 15) is 4.79 Å². The van der Waals surface area contributed by atoms with Gasteiger partial charge in [0.05, 0.1) is 22.6 Å². The van der Waals surface area contributed by atoms with Crippen molar-refractivity contribution in [1.82, 2.24) is 4.98 Å². The van der Waals surface area contributed by atoms with Crippen LogP contribution in [0.3, 0.4) is 0 Å². The van der Waals surface area contributed by atoms with Crippen molar-refractivity contribution < 1.29 is 14.3 Å². The summed E-state index contributed by atoms with van der Waals surface area (Å²) in [5.74, 6) is 1.77. The first-order valence-electron chi connectivity index (χ1n) is 10.2. The SMILES string of the molecule is Cc1cc2cc3c(cc2nc1SCC(=O)N1c2ccccc2Sc2ccccc21)OCO3. The van der Waals surface area contributed by atoms with Gasteiger partial charge >= 0.3 is 0 Å². The van der Waals surface area contributed by atoms with Crippen LogP contribution in [-0.2, 0) is 4.79 Å². The Bertz CT molecular complexity index is 1340. The quantitative estimate of drug-likeness (QED) is 0.341. The molecule has 3 heterocycles. The number of hydrogen-bond acceptors (Lipinski definition) is 6. The Kier molecular flexibility index (Phi) is 4.73. The minimum absolute atomic E-state index is 0.0298. The molecule has 2 aliphatic heterocycles. The van der Waals surface area contributed by atoms with Crippen molar-refractivity contribution >= 4 is 51.7 Å². The molecule has 0 radical (unpaired) electrons. The Morgan fingerprint density at radius 2 is 1.66 bits per heavy atom. The van der Waals surface area contributed by atoms with E-state index < -0.39 is 0 Å². The van der Waals surface area contributed by atoms with Crippen molar-refractivity contribution in [2.24, 2.45) is 0 Å². The lowest BCUT2D eigenvalue weighted by molar-refractivity contribution is -0.115. The molecule has 2 aliphatic rings. The topological polar surface area (TPSA) is 51.7 Å². The highest BCUT2D eigenvalue weighted by atomic mass is 32.2. The van der Waals surface area contributed by atoms with Crippen molar-refractivity contribution in [3.05, 3.63) is 72.3 Å². The first-order valence-corrected chi connectivity index (χ1v) is 12.0. The standard InChI is InChI=1S/C25H18N2O3S2/c1-15-10-16-11-20-21(30-14-29-20)12-17(16)26-25(15)31-13-24(28)27-18-6-2-4-8-22(18)32-23-9-5-3-7-19(23)27/h2-12H,13-14H2,1H3. The molecule has 6 rings (SSSR count). The van der Waals surface area contributed by atoms with Crippen LogP contribution in [-0.4, -0.2) is 23.4 Å². The second-order valence-corrected chi connectivity index (χ2v) is 9.61. The summed E-state index contributed by atoms with van der Waals surface area (Å²) in [6.07, 6.45) is 0. The Morgan fingerprint density at radius 3 is 2.38 bits per heavy atom. The summed E-state index contributed by atoms with van der Waals surface area (Å²) in [7, 11) is 0. The molecule has 0 fully saturated rings. The third-order valence-corrected chi connectivity index (χ3v) is 7.68. The lowest BCUT2D eigenvalue weighted by Gasteiger charge is -2.31. The van der Waals surface area contributed by atoms with Gasteiger partial charge in [-0.25, -0.2) is 4.98 Å². The van der Waals surface area contributed by atoms with E-state index in [-0.39, 0.29) is 18.5 Å². The number of carbonyl (C=O) groups excluding carboxylic acids is 1. The van der Waals surface area contributed by atoms with Gasteiger partial charge in [0.2, 0.25) is 12.7 Å². The van der Waals surface area contributed by atoms with E-state index in [1.165, 1.54) is 11.8 Å². The molecule has 158 valence electrons. The third-order valence-electron chi connectivity index (χ3n) is 5.47. The maximum absolute atomic E-state index is 13.5. The number of fused-ring (bicyclic) bond motifs is 4. The van der Waals surface area contributed by atoms with Gasteiger partial charge in [0.1, 0.15) is 5.03 Å². The second kappa shape index (κ2) is 7.76. The van der Waals surface area contributed by atoms with Gasteiger partial charge in [-0.05, 0) is 48.9 Å². The van der Waals surface area contributed by atoms with E-state index in [4.69, 9.17) is 14.5 Å². The Balaban J connectivity index is 1.30. The number of amides is 1. The predicted molar refractivity (Wildman–Crippen MR) is 127 cm³/mol. The molecule has 0 saturated heterocycles. The molecule has 3 aromatic carbocycles. The molecule has 1 amide bonds. The zero-order valence-corrected chi connectivity index (χ0v) is 18.8. The number of carbonyl (C=O) groups is 1. The normalized spacial score (nSPS) is 13.7. The Morgan fingerprint density at radius 1 is 1.00 bits per heavy atom. The van der Waals surface area contributed by atoms with Crippen molar-refractivity contribution in [2.45, 2.75) is 21.7 Å². The average molecular weight is 459 g/mol. The Labute approximate surface area is 193 Å². The first-order chi connectivity index (χ1) is 15.7. The van der Waals surface area contributed by atoms with E-state index in [1.54, 1.807) is 11.8 Å². The van der Waals surface area contributed by atoms with Crippen LogP contribution in [0.1, 0.15) is 5.56 Å². The van der Waals surface area contributed by atoms with Crippen LogP contribution in [0, 0.1) is 6.92 Å². The number of anilines is 2. The fourth-order valence-electron chi connectivity index (χ4n) is 3.97. The smallest absolute Gasteiger partial charge is 0.242 e. The van der Waals surface area contributed by atoms with E-state index >= 15 is 0 Å². The van der Waals surface area contributed by atoms with Crippen LogP contribution >= 0.6 is 23.5 Å². The van der Waals surface area contributed by atoms with Crippen molar-refractivity contribution in [3.8, 4) is 11.5 Å². The molecule has 0 saturated carbocycles. The van der Waals surface area contributed by atoms with E-state index in [0.717, 1.165) is 48.4 Å². The van der Waals surface area contributed by atoms with Crippen molar-refractivity contribution in [2.75, 3.05) is 17.4 Å². The van der Waals surface area contributed by atoms with E-state index in [2.05, 4.69) is 18.2 Å². The predicted octanol–water partition coefficient (Wildman–Crippen LogP) is 6.19. The van der Waals surface area contributed by atoms with Gasteiger partial charge in [-0.2, -0.15) is 0 Å². The molecular weight excluding hydrogens is 440 g/mol. The molecule has 0 unspecified atom stereocenters. The molecule has 0 atom stereocenters. The van der Waals surface area contributed by atoms with Gasteiger partial charge in [-0.1, -0.05) is 47.8 Å². The number of ether oxygens (including phenoxy) is 2. The second-order valence-electron chi connectivity index (χ2n) is 7.56. The van der Waals surface area contributed by atoms with Crippen LogP contribution in [0.2, 0.25) is 0 Å². The molecule has 32 heavy (non-hydrogen) atoms. The molecule has 7 heteroatoms. The number of thioether (sulfide) groups is 1. The number of pyridine rings is 1. The summed E-state index contributed by atoms with van der Waals surface area (Å²) in [5, 5.41) is 1.84. The van der Waals surface area contributed by atoms with Crippen LogP contribution < -0.4 is 14.4 Å². The monoisotopic (exact) mass is 458 g/mol. The maximum atomic E-state index is 13.5. The minimum atomic E-state index is 0.0298. The van der Waals surface area contributed by atoms with Gasteiger partial charge < -0.3 is 9.47 Å². The average Bonchev–Trinajstić information content (AvgIpc) is 3.26. The van der Waals surface area contributed by atoms with Gasteiger partial charge in [-0.15, -0.1) is 0 Å². The molecule has 1 aromatic heterocycles. The fourth-order valence-corrected chi connectivity index (χ4v) is 5.86. The lowest BCUT2D eigenvalue weighted by atomic mass is 10.1. The summed E-state index contributed by atoms with van der Waals surface area (Å²) in [6.45, 7) is 2.25. The fraction of sp³-hybridized carbons (Fsp3) is 0.120. The number of aromatic nitrogens is 1. The minimum Gasteiger partial charge on any atom is -0.454 e. The van der Waals surface area contributed by atoms with Crippen LogP contribution in [0.5, 0.6) is 11.5 Å². The molecule has 0 spiro atoms. The van der Waals surface area contributed by atoms with Crippen LogP contribution in [0.25, 0.3) is 10.9 Å². The van der Waals surface area contributed by atoms with Gasteiger partial charge in [0.25, 0.3) is 0 Å². The number of hydrogen-bond donors (Lipinski definition) is 0. The molecule has 0 aliphatic carbocycles. The Hall–Kier alpha value is -3.16. The van der Waals surface area contributed by atoms with Gasteiger partial charge in [0, 0.05) is 21.2 Å². The largest absolute Gasteiger partial charge is 0.454 e. The van der Waals surface area contributed by atoms with Crippen molar-refractivity contribution in [3.63, 3.8) is 0 Å². The summed E-state index contributed by atoms with van der Waals surface area (Å²) in [6, 6.07) is 22.0. The van der Waals surface area contributed by atoms with Gasteiger partial charge in [-0.3, -0.25) is 9.69 Å². The zero-order valence-electron chi connectivity index (χ0n) is 17.2. The highest BCUT2D eigenvalue weighted by Crippen LogP contribution is 2.48. The summed E-state index contributed by atoms with van der Waals surface area (Å²) in [5.41, 5.74) is 3.72. The molecule has 0 bridgehead atoms. The lowest BCUT2D eigenvalue weighted by Crippen LogP contribution is -2.30. The van der Waals surface area contributed by atoms with Gasteiger partial charge in [0.15, 0.2) is 11.5 Å². The number of aryl methyl sites for hydroxylation is 1. The molecular formula is C25H18N2O3S2. The number of nitrogens with zero attached hydrogens (tertiary/aromatic N) is 2. The highest BCUT2D eigenvalue weighted by molar-refractivity contribution is 8.00. The summed E-state index contributed by atoms with van der Waals surface area (Å²) in [4.78, 5) is 22.3. The van der Waals surface area contributed by atoms with Crippen LogP contribution in [0.15, 0.2) is 81.5 Å². The van der Waals surface area contributed by atoms with Crippen LogP contribution in [0.4, 0.5) is 11.4 Å². The number of para-hydroxylation sites is 2.